The molecule has 0 radical (unpaired) electrons. The van der Waals surface area contributed by atoms with Gasteiger partial charge in [0.1, 0.15) is 0 Å². The average Bonchev–Trinajstić information content (AvgIpc) is 2.90. The van der Waals surface area contributed by atoms with Crippen LogP contribution in [-0.4, -0.2) is 53.5 Å². The average molecular weight is 359 g/mol. The summed E-state index contributed by atoms with van der Waals surface area (Å²) in [5.74, 6) is 0.450. The number of likely N-dealkylation sites (tertiary alicyclic amines) is 2. The van der Waals surface area contributed by atoms with Crippen LogP contribution in [0.5, 0.6) is 0 Å². The van der Waals surface area contributed by atoms with Crippen LogP contribution in [0.25, 0.3) is 0 Å². The molecule has 26 heavy (non-hydrogen) atoms. The maximum atomic E-state index is 12.9. The smallest absolute Gasteiger partial charge is 0.226 e. The molecule has 1 aromatic carbocycles. The lowest BCUT2D eigenvalue weighted by Crippen LogP contribution is -2.46. The minimum atomic E-state index is -0.484. The molecule has 4 nitrogen and oxygen atoms in total. The van der Waals surface area contributed by atoms with Gasteiger partial charge in [-0.2, -0.15) is 0 Å². The molecule has 1 aromatic rings. The van der Waals surface area contributed by atoms with E-state index in [4.69, 9.17) is 0 Å². The maximum absolute atomic E-state index is 12.9. The summed E-state index contributed by atoms with van der Waals surface area (Å²) < 4.78 is 0. The van der Waals surface area contributed by atoms with Gasteiger partial charge in [0.05, 0.1) is 12.0 Å². The van der Waals surface area contributed by atoms with Crippen molar-refractivity contribution in [2.75, 3.05) is 32.7 Å². The molecule has 2 fully saturated rings. The number of nitrogens with zero attached hydrogens (tertiary/aromatic N) is 2. The monoisotopic (exact) mass is 358 g/mol. The number of carbonyl (C=O) groups excluding carboxylic acids is 1. The van der Waals surface area contributed by atoms with Crippen LogP contribution < -0.4 is 0 Å². The lowest BCUT2D eigenvalue weighted by Gasteiger charge is -2.35. The lowest BCUT2D eigenvalue weighted by atomic mass is 9.95. The second-order valence-electron chi connectivity index (χ2n) is 8.21. The zero-order chi connectivity index (χ0) is 18.5. The van der Waals surface area contributed by atoms with E-state index in [1.807, 2.05) is 6.07 Å². The molecule has 2 saturated heterocycles. The van der Waals surface area contributed by atoms with E-state index in [1.165, 1.54) is 18.4 Å². The van der Waals surface area contributed by atoms with Crippen molar-refractivity contribution in [1.82, 2.24) is 9.80 Å². The van der Waals surface area contributed by atoms with Gasteiger partial charge in [-0.25, -0.2) is 0 Å². The highest BCUT2D eigenvalue weighted by atomic mass is 16.3. The first kappa shape index (κ1) is 19.4. The normalized spacial score (nSPS) is 23.5. The van der Waals surface area contributed by atoms with Gasteiger partial charge >= 0.3 is 0 Å². The number of hydrogen-bond acceptors (Lipinski definition) is 3. The Bertz CT molecular complexity index is 608. The Morgan fingerprint density at radius 1 is 1.12 bits per heavy atom. The van der Waals surface area contributed by atoms with E-state index < -0.39 is 6.10 Å². The van der Waals surface area contributed by atoms with Crippen molar-refractivity contribution in [3.8, 4) is 0 Å². The number of carbonyl (C=O) groups is 1. The first-order valence-electron chi connectivity index (χ1n) is 10.3. The Balaban J connectivity index is 1.58. The fraction of sp³-hybridized carbons (Fsp3) is 0.682. The van der Waals surface area contributed by atoms with Gasteiger partial charge in [-0.1, -0.05) is 36.6 Å². The van der Waals surface area contributed by atoms with Crippen molar-refractivity contribution in [2.45, 2.75) is 58.5 Å². The zero-order valence-electron chi connectivity index (χ0n) is 16.4. The Kier molecular flexibility index (Phi) is 6.71. The second kappa shape index (κ2) is 9.01. The van der Waals surface area contributed by atoms with Gasteiger partial charge in [0.2, 0.25) is 5.91 Å². The molecule has 0 unspecified atom stereocenters. The number of β-amino-alcohol motifs (C(OH)–C–C–N with tert-alkyl or cyclic N) is 1. The molecule has 2 heterocycles. The van der Waals surface area contributed by atoms with E-state index >= 15 is 0 Å². The lowest BCUT2D eigenvalue weighted by molar-refractivity contribution is -0.137. The van der Waals surface area contributed by atoms with Crippen LogP contribution in [0.4, 0.5) is 0 Å². The van der Waals surface area contributed by atoms with Crippen molar-refractivity contribution in [3.63, 3.8) is 0 Å². The van der Waals surface area contributed by atoms with E-state index in [2.05, 4.69) is 35.8 Å². The highest BCUT2D eigenvalue weighted by Gasteiger charge is 2.30. The third-order valence-electron chi connectivity index (χ3n) is 5.99. The van der Waals surface area contributed by atoms with E-state index in [9.17, 15) is 9.90 Å². The Hall–Kier alpha value is -1.39. The molecule has 0 bridgehead atoms. The number of benzene rings is 1. The zero-order valence-corrected chi connectivity index (χ0v) is 16.4. The van der Waals surface area contributed by atoms with Crippen molar-refractivity contribution in [1.29, 1.82) is 0 Å². The summed E-state index contributed by atoms with van der Waals surface area (Å²) in [6.07, 6.45) is 6.35. The van der Waals surface area contributed by atoms with Gasteiger partial charge in [0.15, 0.2) is 0 Å². The van der Waals surface area contributed by atoms with Gasteiger partial charge < -0.3 is 10.0 Å². The van der Waals surface area contributed by atoms with Crippen LogP contribution >= 0.6 is 0 Å². The fourth-order valence-corrected chi connectivity index (χ4v) is 4.51. The standard InChI is InChI=1S/C22H34N2O2/c1-17-9-10-20(18(2)14-17)21(25)16-23-11-7-8-19(15-23)22(26)24-12-5-3-4-6-13-24/h9-10,14,19,21,25H,3-8,11-13,15-16H2,1-2H3/t19-,21-/m1/s1. The topological polar surface area (TPSA) is 43.8 Å². The molecule has 0 saturated carbocycles. The molecule has 0 aromatic heterocycles. The predicted octanol–water partition coefficient (Wildman–Crippen LogP) is 3.45. The third-order valence-corrected chi connectivity index (χ3v) is 5.99. The third kappa shape index (κ3) is 4.86. The predicted molar refractivity (Wildman–Crippen MR) is 105 cm³/mol. The highest BCUT2D eigenvalue weighted by Crippen LogP contribution is 2.25. The summed E-state index contributed by atoms with van der Waals surface area (Å²) in [5, 5.41) is 10.7. The first-order valence-corrected chi connectivity index (χ1v) is 10.3. The molecule has 144 valence electrons. The molecular weight excluding hydrogens is 324 g/mol. The number of hydrogen-bond donors (Lipinski definition) is 1. The minimum absolute atomic E-state index is 0.105. The Morgan fingerprint density at radius 3 is 2.54 bits per heavy atom. The van der Waals surface area contributed by atoms with Gasteiger partial charge in [0, 0.05) is 26.2 Å². The fourth-order valence-electron chi connectivity index (χ4n) is 4.51. The quantitative estimate of drug-likeness (QED) is 0.896. The molecule has 0 spiro atoms. The molecule has 3 rings (SSSR count). The Labute approximate surface area is 158 Å². The molecule has 2 atom stereocenters. The summed E-state index contributed by atoms with van der Waals surface area (Å²) in [5.41, 5.74) is 3.38. The highest BCUT2D eigenvalue weighted by molar-refractivity contribution is 5.79. The number of aliphatic hydroxyl groups excluding tert-OH is 1. The maximum Gasteiger partial charge on any atom is 0.226 e. The summed E-state index contributed by atoms with van der Waals surface area (Å²) in [6, 6.07) is 6.23. The van der Waals surface area contributed by atoms with E-state index in [0.717, 1.165) is 63.0 Å². The van der Waals surface area contributed by atoms with Crippen LogP contribution in [-0.2, 0) is 4.79 Å². The molecule has 2 aliphatic heterocycles. The van der Waals surface area contributed by atoms with E-state index in [-0.39, 0.29) is 5.92 Å². The summed E-state index contributed by atoms with van der Waals surface area (Å²) in [4.78, 5) is 17.3. The van der Waals surface area contributed by atoms with Gasteiger partial charge in [-0.15, -0.1) is 0 Å². The summed E-state index contributed by atoms with van der Waals surface area (Å²) in [6.45, 7) is 8.39. The van der Waals surface area contributed by atoms with Crippen LogP contribution in [0.3, 0.4) is 0 Å². The molecule has 4 heteroatoms. The van der Waals surface area contributed by atoms with Gasteiger partial charge in [-0.3, -0.25) is 9.69 Å². The molecule has 1 amide bonds. The van der Waals surface area contributed by atoms with Crippen molar-refractivity contribution < 1.29 is 9.90 Å². The van der Waals surface area contributed by atoms with Crippen molar-refractivity contribution in [2.24, 2.45) is 5.92 Å². The van der Waals surface area contributed by atoms with E-state index in [0.29, 0.717) is 12.5 Å². The first-order chi connectivity index (χ1) is 12.5. The van der Waals surface area contributed by atoms with E-state index in [1.54, 1.807) is 0 Å². The number of aryl methyl sites for hydroxylation is 2. The number of piperidine rings is 1. The minimum Gasteiger partial charge on any atom is -0.387 e. The number of amides is 1. The second-order valence-corrected chi connectivity index (χ2v) is 8.21. The Morgan fingerprint density at radius 2 is 1.85 bits per heavy atom. The molecule has 0 aliphatic carbocycles. The molecule has 2 aliphatic rings. The van der Waals surface area contributed by atoms with Crippen molar-refractivity contribution in [3.05, 3.63) is 34.9 Å². The van der Waals surface area contributed by atoms with Crippen LogP contribution in [0.2, 0.25) is 0 Å². The van der Waals surface area contributed by atoms with Gasteiger partial charge in [-0.05, 0) is 57.2 Å². The van der Waals surface area contributed by atoms with Gasteiger partial charge in [0.25, 0.3) is 0 Å². The van der Waals surface area contributed by atoms with Crippen LogP contribution in [0, 0.1) is 19.8 Å². The largest absolute Gasteiger partial charge is 0.387 e. The van der Waals surface area contributed by atoms with Crippen LogP contribution in [0.15, 0.2) is 18.2 Å². The van der Waals surface area contributed by atoms with Crippen LogP contribution in [0.1, 0.15) is 61.3 Å². The van der Waals surface area contributed by atoms with Crippen molar-refractivity contribution >= 4 is 5.91 Å². The molecule has 1 N–H and O–H groups in total. The summed E-state index contributed by atoms with van der Waals surface area (Å²) in [7, 11) is 0. The number of rotatable bonds is 4. The number of aliphatic hydroxyl groups is 1. The molecular formula is C22H34N2O2. The SMILES string of the molecule is Cc1ccc([C@H](O)CN2CCC[C@@H](C(=O)N3CCCCCC3)C2)c(C)c1. The summed E-state index contributed by atoms with van der Waals surface area (Å²) >= 11 is 0.